The van der Waals surface area contributed by atoms with E-state index in [1.54, 1.807) is 0 Å². The first-order valence-corrected chi connectivity index (χ1v) is 5.87. The lowest BCUT2D eigenvalue weighted by atomic mass is 10.2. The molecule has 0 bridgehead atoms. The van der Waals surface area contributed by atoms with Gasteiger partial charge in [-0.2, -0.15) is 0 Å². The van der Waals surface area contributed by atoms with Gasteiger partial charge in [-0.1, -0.05) is 12.1 Å². The molecule has 3 rings (SSSR count). The van der Waals surface area contributed by atoms with Crippen molar-refractivity contribution in [2.45, 2.75) is 6.54 Å². The predicted molar refractivity (Wildman–Crippen MR) is 69.2 cm³/mol. The summed E-state index contributed by atoms with van der Waals surface area (Å²) in [5.74, 6) is 0. The summed E-state index contributed by atoms with van der Waals surface area (Å²) in [7, 11) is 2.04. The standard InChI is InChI=1S/C13H16N4/c1-16-10-14-8-11(16)9-17-7-6-15-12-4-2-3-5-13(12)17/h2-5,8,10,15H,6-7,9H2,1H3. The van der Waals surface area contributed by atoms with Gasteiger partial charge in [0, 0.05) is 26.3 Å². The Morgan fingerprint density at radius 3 is 3.06 bits per heavy atom. The van der Waals surface area contributed by atoms with Crippen LogP contribution in [0, 0.1) is 0 Å². The molecule has 2 heterocycles. The minimum Gasteiger partial charge on any atom is -0.382 e. The maximum atomic E-state index is 4.16. The maximum Gasteiger partial charge on any atom is 0.0946 e. The lowest BCUT2D eigenvalue weighted by molar-refractivity contribution is 0.732. The van der Waals surface area contributed by atoms with Gasteiger partial charge in [0.1, 0.15) is 0 Å². The smallest absolute Gasteiger partial charge is 0.0946 e. The van der Waals surface area contributed by atoms with E-state index in [0.717, 1.165) is 19.6 Å². The number of aryl methyl sites for hydroxylation is 1. The molecule has 4 heteroatoms. The van der Waals surface area contributed by atoms with Crippen molar-refractivity contribution in [3.8, 4) is 0 Å². The molecule has 0 spiro atoms. The molecule has 0 unspecified atom stereocenters. The Hall–Kier alpha value is -1.97. The van der Waals surface area contributed by atoms with Crippen LogP contribution in [0.25, 0.3) is 0 Å². The Bertz CT molecular complexity index is 518. The van der Waals surface area contributed by atoms with Crippen molar-refractivity contribution in [2.75, 3.05) is 23.3 Å². The highest BCUT2D eigenvalue weighted by Crippen LogP contribution is 2.29. The average molecular weight is 228 g/mol. The van der Waals surface area contributed by atoms with Gasteiger partial charge in [-0.3, -0.25) is 0 Å². The fourth-order valence-corrected chi connectivity index (χ4v) is 2.24. The third kappa shape index (κ3) is 1.86. The summed E-state index contributed by atoms with van der Waals surface area (Å²) in [5, 5.41) is 3.42. The van der Waals surface area contributed by atoms with Gasteiger partial charge in [-0.15, -0.1) is 0 Å². The number of aromatic nitrogens is 2. The lowest BCUT2D eigenvalue weighted by Gasteiger charge is -2.31. The Morgan fingerprint density at radius 1 is 1.35 bits per heavy atom. The van der Waals surface area contributed by atoms with E-state index in [1.165, 1.54) is 17.1 Å². The Balaban J connectivity index is 1.88. The number of fused-ring (bicyclic) bond motifs is 1. The van der Waals surface area contributed by atoms with Gasteiger partial charge in [-0.05, 0) is 12.1 Å². The van der Waals surface area contributed by atoms with Crippen LogP contribution >= 0.6 is 0 Å². The summed E-state index contributed by atoms with van der Waals surface area (Å²) in [5.41, 5.74) is 3.74. The summed E-state index contributed by atoms with van der Waals surface area (Å²) in [6.45, 7) is 2.94. The van der Waals surface area contributed by atoms with Crippen LogP contribution in [0.5, 0.6) is 0 Å². The summed E-state index contributed by atoms with van der Waals surface area (Å²) in [4.78, 5) is 6.56. The van der Waals surface area contributed by atoms with Crippen molar-refractivity contribution < 1.29 is 0 Å². The summed E-state index contributed by atoms with van der Waals surface area (Å²) >= 11 is 0. The molecule has 1 aliphatic heterocycles. The molecule has 2 aromatic rings. The van der Waals surface area contributed by atoms with E-state index in [4.69, 9.17) is 0 Å². The molecule has 1 aliphatic rings. The first-order chi connectivity index (χ1) is 8.34. The first kappa shape index (κ1) is 10.2. The normalized spacial score (nSPS) is 14.3. The van der Waals surface area contributed by atoms with E-state index in [0.29, 0.717) is 0 Å². The number of nitrogens with zero attached hydrogens (tertiary/aromatic N) is 3. The van der Waals surface area contributed by atoms with Crippen LogP contribution in [-0.2, 0) is 13.6 Å². The molecule has 17 heavy (non-hydrogen) atoms. The van der Waals surface area contributed by atoms with Gasteiger partial charge in [0.05, 0.1) is 29.9 Å². The monoisotopic (exact) mass is 228 g/mol. The molecule has 1 N–H and O–H groups in total. The minimum atomic E-state index is 0.912. The Labute approximate surface area is 101 Å². The van der Waals surface area contributed by atoms with Gasteiger partial charge in [0.15, 0.2) is 0 Å². The zero-order valence-electron chi connectivity index (χ0n) is 9.93. The molecule has 0 aliphatic carbocycles. The number of para-hydroxylation sites is 2. The zero-order valence-corrected chi connectivity index (χ0v) is 9.93. The summed E-state index contributed by atoms with van der Waals surface area (Å²) < 4.78 is 2.07. The van der Waals surface area contributed by atoms with Crippen LogP contribution in [0.2, 0.25) is 0 Å². The Morgan fingerprint density at radius 2 is 2.24 bits per heavy atom. The molecule has 0 atom stereocenters. The summed E-state index contributed by atoms with van der Waals surface area (Å²) in [6, 6.07) is 8.45. The van der Waals surface area contributed by atoms with Gasteiger partial charge in [-0.25, -0.2) is 4.98 Å². The van der Waals surface area contributed by atoms with E-state index < -0.39 is 0 Å². The van der Waals surface area contributed by atoms with Crippen molar-refractivity contribution >= 4 is 11.4 Å². The molecular formula is C13H16N4. The fraction of sp³-hybridized carbons (Fsp3) is 0.308. The minimum absolute atomic E-state index is 0.912. The molecule has 0 radical (unpaired) electrons. The second-order valence-corrected chi connectivity index (χ2v) is 4.36. The van der Waals surface area contributed by atoms with Crippen molar-refractivity contribution in [1.29, 1.82) is 0 Å². The third-order valence-electron chi connectivity index (χ3n) is 3.21. The quantitative estimate of drug-likeness (QED) is 0.851. The van der Waals surface area contributed by atoms with Crippen LogP contribution in [0.4, 0.5) is 11.4 Å². The van der Waals surface area contributed by atoms with Crippen LogP contribution in [0.15, 0.2) is 36.8 Å². The number of rotatable bonds is 2. The molecule has 0 saturated carbocycles. The van der Waals surface area contributed by atoms with Crippen LogP contribution < -0.4 is 10.2 Å². The number of anilines is 2. The highest BCUT2D eigenvalue weighted by Gasteiger charge is 2.16. The van der Waals surface area contributed by atoms with E-state index in [2.05, 4.69) is 44.0 Å². The maximum absolute atomic E-state index is 4.16. The van der Waals surface area contributed by atoms with E-state index in [-0.39, 0.29) is 0 Å². The van der Waals surface area contributed by atoms with Crippen molar-refractivity contribution in [2.24, 2.45) is 7.05 Å². The van der Waals surface area contributed by atoms with Crippen molar-refractivity contribution in [3.63, 3.8) is 0 Å². The lowest BCUT2D eigenvalue weighted by Crippen LogP contribution is -2.33. The van der Waals surface area contributed by atoms with Gasteiger partial charge < -0.3 is 14.8 Å². The molecule has 0 amide bonds. The van der Waals surface area contributed by atoms with E-state index in [1.807, 2.05) is 19.6 Å². The molecule has 1 aromatic carbocycles. The molecular weight excluding hydrogens is 212 g/mol. The van der Waals surface area contributed by atoms with Gasteiger partial charge >= 0.3 is 0 Å². The molecule has 4 nitrogen and oxygen atoms in total. The number of benzene rings is 1. The van der Waals surface area contributed by atoms with Crippen molar-refractivity contribution in [1.82, 2.24) is 9.55 Å². The number of hydrogen-bond donors (Lipinski definition) is 1. The Kier molecular flexibility index (Phi) is 2.48. The van der Waals surface area contributed by atoms with E-state index >= 15 is 0 Å². The summed E-state index contributed by atoms with van der Waals surface area (Å²) in [6.07, 6.45) is 3.79. The van der Waals surface area contributed by atoms with Crippen LogP contribution in [0.1, 0.15) is 5.69 Å². The number of hydrogen-bond acceptors (Lipinski definition) is 3. The van der Waals surface area contributed by atoms with Crippen molar-refractivity contribution in [3.05, 3.63) is 42.5 Å². The fourth-order valence-electron chi connectivity index (χ4n) is 2.24. The number of nitrogens with one attached hydrogen (secondary N) is 1. The largest absolute Gasteiger partial charge is 0.382 e. The topological polar surface area (TPSA) is 33.1 Å². The highest BCUT2D eigenvalue weighted by molar-refractivity contribution is 5.71. The number of imidazole rings is 1. The zero-order chi connectivity index (χ0) is 11.7. The van der Waals surface area contributed by atoms with Crippen LogP contribution in [0.3, 0.4) is 0 Å². The SMILES string of the molecule is Cn1cncc1CN1CCNc2ccccc21. The molecule has 0 saturated heterocycles. The molecule has 0 fully saturated rings. The third-order valence-corrected chi connectivity index (χ3v) is 3.21. The highest BCUT2D eigenvalue weighted by atomic mass is 15.2. The van der Waals surface area contributed by atoms with Gasteiger partial charge in [0.2, 0.25) is 0 Å². The van der Waals surface area contributed by atoms with Crippen LogP contribution in [-0.4, -0.2) is 22.6 Å². The predicted octanol–water partition coefficient (Wildman–Crippen LogP) is 1.85. The second-order valence-electron chi connectivity index (χ2n) is 4.36. The average Bonchev–Trinajstić information content (AvgIpc) is 2.76. The molecule has 88 valence electrons. The molecule has 1 aromatic heterocycles. The van der Waals surface area contributed by atoms with E-state index in [9.17, 15) is 0 Å². The second kappa shape index (κ2) is 4.13. The van der Waals surface area contributed by atoms with Gasteiger partial charge in [0.25, 0.3) is 0 Å². The first-order valence-electron chi connectivity index (χ1n) is 5.87.